The molecular formula is C17H16ClNO4. The Morgan fingerprint density at radius 1 is 1.13 bits per heavy atom. The molecule has 0 saturated carbocycles. The molecule has 0 atom stereocenters. The minimum atomic E-state index is -0.391. The summed E-state index contributed by atoms with van der Waals surface area (Å²) in [5, 5.41) is 12.6. The molecule has 0 unspecified atom stereocenters. The van der Waals surface area contributed by atoms with Gasteiger partial charge in [0.2, 0.25) is 5.91 Å². The van der Waals surface area contributed by atoms with E-state index in [1.54, 1.807) is 38.5 Å². The molecule has 2 N–H and O–H groups in total. The van der Waals surface area contributed by atoms with E-state index >= 15 is 0 Å². The Hall–Kier alpha value is -2.66. The van der Waals surface area contributed by atoms with Crippen molar-refractivity contribution >= 4 is 29.3 Å². The fraction of sp³-hybridized carbons (Fsp3) is 0.118. The molecule has 0 aromatic heterocycles. The molecule has 23 heavy (non-hydrogen) atoms. The molecule has 2 aromatic carbocycles. The number of hydrogen-bond donors (Lipinski definition) is 2. The molecule has 2 aromatic rings. The minimum absolute atomic E-state index is 0.0535. The van der Waals surface area contributed by atoms with Gasteiger partial charge in [0, 0.05) is 11.1 Å². The first-order valence-corrected chi connectivity index (χ1v) is 7.11. The van der Waals surface area contributed by atoms with Crippen LogP contribution in [-0.4, -0.2) is 25.2 Å². The molecule has 0 aliphatic carbocycles. The van der Waals surface area contributed by atoms with Crippen molar-refractivity contribution in [3.8, 4) is 17.2 Å². The maximum Gasteiger partial charge on any atom is 0.248 e. The summed E-state index contributed by atoms with van der Waals surface area (Å²) in [5.74, 6) is 0.736. The van der Waals surface area contributed by atoms with Gasteiger partial charge in [0.05, 0.1) is 19.9 Å². The van der Waals surface area contributed by atoms with E-state index in [4.69, 9.17) is 21.1 Å². The van der Waals surface area contributed by atoms with Gasteiger partial charge in [0.15, 0.2) is 11.5 Å². The summed E-state index contributed by atoms with van der Waals surface area (Å²) >= 11 is 5.83. The first-order chi connectivity index (χ1) is 11.0. The van der Waals surface area contributed by atoms with Crippen LogP contribution in [0, 0.1) is 0 Å². The number of rotatable bonds is 5. The smallest absolute Gasteiger partial charge is 0.248 e. The highest BCUT2D eigenvalue weighted by molar-refractivity contribution is 6.31. The van der Waals surface area contributed by atoms with Crippen LogP contribution in [0.1, 0.15) is 5.56 Å². The number of amides is 1. The van der Waals surface area contributed by atoms with Gasteiger partial charge in [0.1, 0.15) is 5.75 Å². The summed E-state index contributed by atoms with van der Waals surface area (Å²) in [7, 11) is 3.10. The molecule has 0 radical (unpaired) electrons. The fourth-order valence-corrected chi connectivity index (χ4v) is 2.08. The molecule has 0 heterocycles. The van der Waals surface area contributed by atoms with Gasteiger partial charge >= 0.3 is 0 Å². The average Bonchev–Trinajstić information content (AvgIpc) is 2.56. The van der Waals surface area contributed by atoms with E-state index in [1.807, 2.05) is 0 Å². The van der Waals surface area contributed by atoms with Crippen LogP contribution in [0.5, 0.6) is 17.2 Å². The Kier molecular flexibility index (Phi) is 5.49. The number of carbonyl (C=O) groups excluding carboxylic acids is 1. The van der Waals surface area contributed by atoms with Gasteiger partial charge in [-0.25, -0.2) is 0 Å². The van der Waals surface area contributed by atoms with Crippen molar-refractivity contribution in [2.75, 3.05) is 19.5 Å². The van der Waals surface area contributed by atoms with Gasteiger partial charge in [-0.3, -0.25) is 4.79 Å². The second kappa shape index (κ2) is 7.56. The second-order valence-electron chi connectivity index (χ2n) is 4.60. The minimum Gasteiger partial charge on any atom is -0.506 e. The van der Waals surface area contributed by atoms with Crippen LogP contribution in [0.25, 0.3) is 6.08 Å². The third-order valence-electron chi connectivity index (χ3n) is 3.05. The Morgan fingerprint density at radius 3 is 2.57 bits per heavy atom. The molecule has 2 rings (SSSR count). The predicted octanol–water partition coefficient (Wildman–Crippen LogP) is 3.71. The van der Waals surface area contributed by atoms with Gasteiger partial charge < -0.3 is 19.9 Å². The standard InChI is InChI=1S/C17H16ClNO4/c1-22-15-7-3-11(9-16(15)23-2)4-8-17(21)19-13-10-12(18)5-6-14(13)20/h3-10,20H,1-2H3,(H,19,21)/b8-4+. The lowest BCUT2D eigenvalue weighted by Gasteiger charge is -2.08. The molecular weight excluding hydrogens is 318 g/mol. The van der Waals surface area contributed by atoms with Gasteiger partial charge in [-0.2, -0.15) is 0 Å². The number of aromatic hydroxyl groups is 1. The van der Waals surface area contributed by atoms with E-state index in [0.29, 0.717) is 16.5 Å². The SMILES string of the molecule is COc1ccc(/C=C/C(=O)Nc2cc(Cl)ccc2O)cc1OC. The molecule has 120 valence electrons. The third-order valence-corrected chi connectivity index (χ3v) is 3.29. The lowest BCUT2D eigenvalue weighted by Crippen LogP contribution is -2.07. The Balaban J connectivity index is 2.10. The zero-order chi connectivity index (χ0) is 16.8. The van der Waals surface area contributed by atoms with Gasteiger partial charge in [-0.1, -0.05) is 17.7 Å². The van der Waals surface area contributed by atoms with Crippen molar-refractivity contribution in [1.82, 2.24) is 0 Å². The summed E-state index contributed by atoms with van der Waals surface area (Å²) in [6, 6.07) is 9.71. The van der Waals surface area contributed by atoms with E-state index in [-0.39, 0.29) is 11.4 Å². The zero-order valence-electron chi connectivity index (χ0n) is 12.7. The summed E-state index contributed by atoms with van der Waals surface area (Å²) in [5.41, 5.74) is 1.02. The van der Waals surface area contributed by atoms with Crippen molar-refractivity contribution in [1.29, 1.82) is 0 Å². The normalized spacial score (nSPS) is 10.6. The summed E-state index contributed by atoms with van der Waals surface area (Å²) in [6.45, 7) is 0. The van der Waals surface area contributed by atoms with Crippen LogP contribution in [0.3, 0.4) is 0 Å². The monoisotopic (exact) mass is 333 g/mol. The van der Waals surface area contributed by atoms with Gasteiger partial charge in [-0.15, -0.1) is 0 Å². The topological polar surface area (TPSA) is 67.8 Å². The molecule has 1 amide bonds. The molecule has 5 nitrogen and oxygen atoms in total. The number of nitrogens with one attached hydrogen (secondary N) is 1. The molecule has 0 aliphatic heterocycles. The largest absolute Gasteiger partial charge is 0.506 e. The highest BCUT2D eigenvalue weighted by Crippen LogP contribution is 2.28. The predicted molar refractivity (Wildman–Crippen MR) is 90.3 cm³/mol. The Morgan fingerprint density at radius 2 is 1.87 bits per heavy atom. The highest BCUT2D eigenvalue weighted by atomic mass is 35.5. The molecule has 0 fully saturated rings. The van der Waals surface area contributed by atoms with E-state index in [1.165, 1.54) is 24.3 Å². The Labute approximate surface area is 139 Å². The van der Waals surface area contributed by atoms with Crippen molar-refractivity contribution < 1.29 is 19.4 Å². The molecule has 0 spiro atoms. The number of phenols is 1. The molecule has 0 aliphatic rings. The lowest BCUT2D eigenvalue weighted by molar-refractivity contribution is -0.111. The maximum absolute atomic E-state index is 11.9. The number of methoxy groups -OCH3 is 2. The van der Waals surface area contributed by atoms with Crippen molar-refractivity contribution in [2.24, 2.45) is 0 Å². The number of benzene rings is 2. The van der Waals surface area contributed by atoms with Crippen molar-refractivity contribution in [3.05, 3.63) is 53.1 Å². The van der Waals surface area contributed by atoms with Crippen molar-refractivity contribution in [2.45, 2.75) is 0 Å². The van der Waals surface area contributed by atoms with Crippen molar-refractivity contribution in [3.63, 3.8) is 0 Å². The maximum atomic E-state index is 11.9. The van der Waals surface area contributed by atoms with E-state index in [0.717, 1.165) is 5.56 Å². The fourth-order valence-electron chi connectivity index (χ4n) is 1.91. The highest BCUT2D eigenvalue weighted by Gasteiger charge is 2.06. The van der Waals surface area contributed by atoms with Gasteiger partial charge in [0.25, 0.3) is 0 Å². The van der Waals surface area contributed by atoms with E-state index in [9.17, 15) is 9.90 Å². The number of ether oxygens (including phenoxy) is 2. The zero-order valence-corrected chi connectivity index (χ0v) is 13.4. The van der Waals surface area contributed by atoms with Crippen LogP contribution in [0.4, 0.5) is 5.69 Å². The summed E-state index contributed by atoms with van der Waals surface area (Å²) in [4.78, 5) is 11.9. The summed E-state index contributed by atoms with van der Waals surface area (Å²) in [6.07, 6.45) is 2.97. The van der Waals surface area contributed by atoms with E-state index < -0.39 is 5.91 Å². The molecule has 0 saturated heterocycles. The van der Waals surface area contributed by atoms with Gasteiger partial charge in [-0.05, 0) is 42.0 Å². The molecule has 6 heteroatoms. The third kappa shape index (κ3) is 4.40. The number of phenolic OH excluding ortho intramolecular Hbond substituents is 1. The lowest BCUT2D eigenvalue weighted by atomic mass is 10.2. The number of anilines is 1. The molecule has 0 bridgehead atoms. The van der Waals surface area contributed by atoms with Crippen LogP contribution in [0.15, 0.2) is 42.5 Å². The van der Waals surface area contributed by atoms with Crippen LogP contribution in [0.2, 0.25) is 5.02 Å². The van der Waals surface area contributed by atoms with E-state index in [2.05, 4.69) is 5.32 Å². The summed E-state index contributed by atoms with van der Waals surface area (Å²) < 4.78 is 10.4. The van der Waals surface area contributed by atoms with Crippen LogP contribution < -0.4 is 14.8 Å². The van der Waals surface area contributed by atoms with Crippen LogP contribution in [-0.2, 0) is 4.79 Å². The number of carbonyl (C=O) groups is 1. The average molecular weight is 334 g/mol. The second-order valence-corrected chi connectivity index (χ2v) is 5.03. The van der Waals surface area contributed by atoms with Crippen LogP contribution >= 0.6 is 11.6 Å². The first-order valence-electron chi connectivity index (χ1n) is 6.73. The first kappa shape index (κ1) is 16.7. The quantitative estimate of drug-likeness (QED) is 0.646. The number of halogens is 1. The number of hydrogen-bond acceptors (Lipinski definition) is 4. The Bertz CT molecular complexity index is 743.